The minimum Gasteiger partial charge on any atom is -0.285 e. The predicted molar refractivity (Wildman–Crippen MR) is 27.3 cm³/mol. The average Bonchev–Trinajstić information content (AvgIpc) is 2.18. The second-order valence-corrected chi connectivity index (χ2v) is 2.70. The molecule has 1 radical (unpaired) electrons. The Hall–Kier alpha value is -0.930. The van der Waals surface area contributed by atoms with Crippen LogP contribution in [-0.4, -0.2) is 35.1 Å². The highest BCUT2D eigenvalue weighted by atomic mass is 19.4. The third kappa shape index (κ3) is 0.950. The fourth-order valence-electron chi connectivity index (χ4n) is 0.941. The van der Waals surface area contributed by atoms with E-state index in [0.717, 1.165) is 0 Å². The van der Waals surface area contributed by atoms with Gasteiger partial charge >= 0.3 is 23.7 Å². The van der Waals surface area contributed by atoms with Crippen LogP contribution in [0.15, 0.2) is 0 Å². The van der Waals surface area contributed by atoms with E-state index in [1.165, 1.54) is 0 Å². The lowest BCUT2D eigenvalue weighted by atomic mass is 10.1. The Balaban J connectivity index is 3.47. The monoisotopic (exact) mass is 242 g/mol. The van der Waals surface area contributed by atoms with E-state index < -0.39 is 35.1 Å². The Bertz CT molecular complexity index is 303. The molecule has 1 atom stereocenters. The number of alkyl halides is 7. The largest absolute Gasteiger partial charge is 0.402 e. The van der Waals surface area contributed by atoms with Crippen LogP contribution in [0.25, 0.3) is 0 Å². The quantitative estimate of drug-likeness (QED) is 0.397. The molecule has 0 amide bonds. The molecule has 15 heavy (non-hydrogen) atoms. The molecular weight excluding hydrogens is 242 g/mol. The third-order valence-electron chi connectivity index (χ3n) is 1.84. The van der Waals surface area contributed by atoms with E-state index in [-0.39, 0.29) is 0 Å². The summed E-state index contributed by atoms with van der Waals surface area (Å²) in [4.78, 5) is 9.60. The second kappa shape index (κ2) is 2.60. The van der Waals surface area contributed by atoms with Gasteiger partial charge in [0.15, 0.2) is 0 Å². The van der Waals surface area contributed by atoms with Crippen molar-refractivity contribution < 1.29 is 40.0 Å². The highest BCUT2D eigenvalue weighted by Gasteiger charge is 2.93. The van der Waals surface area contributed by atoms with Crippen molar-refractivity contribution in [3.05, 3.63) is 0 Å². The summed E-state index contributed by atoms with van der Waals surface area (Å²) < 4.78 is 98.4. The number of hydrogen-bond acceptors (Lipinski definition) is 2. The maximum atomic E-state index is 12.6. The molecule has 1 aliphatic heterocycles. The average molecular weight is 242 g/mol. The zero-order chi connectivity index (χ0) is 12.3. The van der Waals surface area contributed by atoms with Gasteiger partial charge in [-0.25, -0.2) is 4.39 Å². The van der Waals surface area contributed by atoms with Gasteiger partial charge in [0.25, 0.3) is 6.29 Å². The van der Waals surface area contributed by atoms with Gasteiger partial charge in [-0.2, -0.15) is 26.3 Å². The zero-order valence-corrected chi connectivity index (χ0v) is 6.38. The summed E-state index contributed by atoms with van der Waals surface area (Å²) in [5.74, 6) is -18.1. The summed E-state index contributed by atoms with van der Waals surface area (Å²) in [5.41, 5.74) is 0. The first-order valence-electron chi connectivity index (χ1n) is 3.14. The van der Waals surface area contributed by atoms with Crippen LogP contribution in [0.2, 0.25) is 0 Å². The van der Waals surface area contributed by atoms with E-state index in [1.54, 1.807) is 0 Å². The van der Waals surface area contributed by atoms with Crippen LogP contribution in [-0.2, 0) is 4.79 Å². The molecule has 87 valence electrons. The summed E-state index contributed by atoms with van der Waals surface area (Å²) >= 11 is 0. The molecule has 10 heteroatoms. The highest BCUT2D eigenvalue weighted by molar-refractivity contribution is 5.66. The van der Waals surface area contributed by atoms with Crippen LogP contribution in [0.4, 0.5) is 35.2 Å². The van der Waals surface area contributed by atoms with E-state index in [1.807, 2.05) is 0 Å². The lowest BCUT2D eigenvalue weighted by Crippen LogP contribution is -2.53. The van der Waals surface area contributed by atoms with Crippen molar-refractivity contribution in [2.24, 2.45) is 0 Å². The van der Waals surface area contributed by atoms with Gasteiger partial charge in [-0.15, -0.1) is 4.48 Å². The van der Waals surface area contributed by atoms with Crippen LogP contribution in [0.1, 0.15) is 0 Å². The van der Waals surface area contributed by atoms with E-state index >= 15 is 0 Å². The molecule has 0 unspecified atom stereocenters. The first-order chi connectivity index (χ1) is 6.47. The maximum Gasteiger partial charge on any atom is 0.402 e. The second-order valence-electron chi connectivity index (χ2n) is 2.70. The van der Waals surface area contributed by atoms with E-state index in [9.17, 15) is 40.0 Å². The molecule has 1 heterocycles. The molecule has 1 fully saturated rings. The summed E-state index contributed by atoms with van der Waals surface area (Å²) in [5, 5.41) is -2.83. The van der Waals surface area contributed by atoms with Crippen molar-refractivity contribution in [1.29, 1.82) is 0 Å². The number of rotatable bonds is 1. The standard InChI is InChI=1S/C5F8NO/c6-2(1-15)3(7,8)4(9,10)5(11,12)14(2)13/t2-/m1/s1. The van der Waals surface area contributed by atoms with Gasteiger partial charge in [-0.1, -0.05) is 0 Å². The first-order valence-corrected chi connectivity index (χ1v) is 3.14. The lowest BCUT2D eigenvalue weighted by Gasteiger charge is -2.22. The molecule has 1 saturated heterocycles. The molecule has 0 aromatic rings. The Labute approximate surface area is 76.4 Å². The summed E-state index contributed by atoms with van der Waals surface area (Å²) in [6.45, 7) is 0. The predicted octanol–water partition coefficient (Wildman–Crippen LogP) is 1.83. The smallest absolute Gasteiger partial charge is 0.285 e. The molecule has 0 aromatic heterocycles. The van der Waals surface area contributed by atoms with Crippen LogP contribution in [0.5, 0.6) is 0 Å². The summed E-state index contributed by atoms with van der Waals surface area (Å²) in [6, 6.07) is -6.14. The molecule has 1 aliphatic rings. The topological polar surface area (TPSA) is 20.3 Å². The van der Waals surface area contributed by atoms with Gasteiger partial charge in [0.2, 0.25) is 0 Å². The van der Waals surface area contributed by atoms with Crippen molar-refractivity contribution in [2.75, 3.05) is 0 Å². The fourth-order valence-corrected chi connectivity index (χ4v) is 0.941. The van der Waals surface area contributed by atoms with Gasteiger partial charge in [-0.05, 0) is 5.12 Å². The molecule has 0 bridgehead atoms. The number of hydrogen-bond donors (Lipinski definition) is 0. The Morgan fingerprint density at radius 3 is 1.40 bits per heavy atom. The minimum atomic E-state index is -6.36. The fraction of sp³-hybridized carbons (Fsp3) is 0.800. The van der Waals surface area contributed by atoms with Crippen molar-refractivity contribution >= 4 is 6.29 Å². The molecule has 0 aliphatic carbocycles. The van der Waals surface area contributed by atoms with E-state index in [2.05, 4.69) is 0 Å². The van der Waals surface area contributed by atoms with Crippen LogP contribution < -0.4 is 0 Å². The molecule has 1 rings (SSSR count). The molecule has 0 aromatic carbocycles. The van der Waals surface area contributed by atoms with Crippen molar-refractivity contribution in [2.45, 2.75) is 23.7 Å². The SMILES string of the molecule is O=[C][C@@]1(F)N(F)C(F)(F)C(F)(F)C1(F)F. The van der Waals surface area contributed by atoms with Crippen LogP contribution >= 0.6 is 0 Å². The zero-order valence-electron chi connectivity index (χ0n) is 6.38. The molecule has 0 N–H and O–H groups in total. The van der Waals surface area contributed by atoms with Crippen molar-refractivity contribution in [3.63, 3.8) is 0 Å². The van der Waals surface area contributed by atoms with Crippen molar-refractivity contribution in [1.82, 2.24) is 5.12 Å². The van der Waals surface area contributed by atoms with Crippen molar-refractivity contribution in [3.8, 4) is 0 Å². The first kappa shape index (κ1) is 12.1. The normalized spacial score (nSPS) is 37.9. The van der Waals surface area contributed by atoms with Gasteiger partial charge in [-0.3, -0.25) is 4.79 Å². The van der Waals surface area contributed by atoms with E-state index in [4.69, 9.17) is 0 Å². The molecule has 2 nitrogen and oxygen atoms in total. The number of nitrogens with zero attached hydrogens (tertiary/aromatic N) is 1. The number of carbonyl (C=O) groups excluding carboxylic acids is 1. The highest BCUT2D eigenvalue weighted by Crippen LogP contribution is 2.61. The minimum absolute atomic E-state index is 0.484. The van der Waals surface area contributed by atoms with Gasteiger partial charge in [0.1, 0.15) is 0 Å². The molecular formula is C5F8NO. The third-order valence-corrected chi connectivity index (χ3v) is 1.84. The Morgan fingerprint density at radius 1 is 0.867 bits per heavy atom. The number of halogens is 8. The van der Waals surface area contributed by atoms with Crippen LogP contribution in [0.3, 0.4) is 0 Å². The lowest BCUT2D eigenvalue weighted by molar-refractivity contribution is -0.322. The van der Waals surface area contributed by atoms with Gasteiger partial charge in [0, 0.05) is 0 Å². The maximum absolute atomic E-state index is 12.6. The van der Waals surface area contributed by atoms with E-state index in [0.29, 0.717) is 0 Å². The molecule has 0 spiro atoms. The van der Waals surface area contributed by atoms with Gasteiger partial charge in [0.05, 0.1) is 0 Å². The van der Waals surface area contributed by atoms with Gasteiger partial charge < -0.3 is 0 Å². The Morgan fingerprint density at radius 2 is 1.27 bits per heavy atom. The molecule has 0 saturated carbocycles. The Kier molecular flexibility index (Phi) is 2.10. The van der Waals surface area contributed by atoms with Crippen LogP contribution in [0, 0.1) is 0 Å². The summed E-state index contributed by atoms with van der Waals surface area (Å²) in [7, 11) is 0. The summed E-state index contributed by atoms with van der Waals surface area (Å²) in [6.07, 6.45) is -0.484.